The highest BCUT2D eigenvalue weighted by atomic mass is 32.1. The number of thiazole rings is 1. The van der Waals surface area contributed by atoms with Gasteiger partial charge in [-0.1, -0.05) is 11.3 Å². The normalized spacial score (nSPS) is 14.4. The molecule has 14 heteroatoms. The molecule has 0 spiro atoms. The highest BCUT2D eigenvalue weighted by molar-refractivity contribution is 7.20. The molecule has 0 bridgehead atoms. The van der Waals surface area contributed by atoms with Gasteiger partial charge < -0.3 is 19.9 Å². The minimum atomic E-state index is -0.0137. The molecule has 4 aromatic rings. The Hall–Kier alpha value is -4.04. The molecular weight excluding hydrogens is 518 g/mol. The van der Waals surface area contributed by atoms with Crippen LogP contribution in [-0.4, -0.2) is 82.4 Å². The maximum Gasteiger partial charge on any atom is 0.287 e. The van der Waals surface area contributed by atoms with Crippen molar-refractivity contribution in [1.29, 1.82) is 0 Å². The van der Waals surface area contributed by atoms with Gasteiger partial charge in [-0.25, -0.2) is 4.98 Å². The molecule has 1 saturated heterocycles. The predicted molar refractivity (Wildman–Crippen MR) is 151 cm³/mol. The molecule has 39 heavy (non-hydrogen) atoms. The topological polar surface area (TPSA) is 139 Å². The van der Waals surface area contributed by atoms with Crippen molar-refractivity contribution >= 4 is 56.6 Å². The number of hydrogen-bond donors (Lipinski definition) is 1. The van der Waals surface area contributed by atoms with Crippen molar-refractivity contribution in [3.05, 3.63) is 30.1 Å². The molecule has 1 unspecified atom stereocenters. The van der Waals surface area contributed by atoms with Crippen molar-refractivity contribution in [2.24, 2.45) is 10.2 Å². The molecule has 1 atom stereocenters. The van der Waals surface area contributed by atoms with E-state index in [1.165, 1.54) is 11.3 Å². The average Bonchev–Trinajstić information content (AvgIpc) is 3.68. The zero-order valence-corrected chi connectivity index (χ0v) is 23.4. The number of hydrogen-bond acceptors (Lipinski definition) is 13. The molecule has 3 aromatic heterocycles. The molecule has 13 nitrogen and oxygen atoms in total. The van der Waals surface area contributed by atoms with E-state index < -0.39 is 0 Å². The number of aromatic nitrogens is 6. The number of anilines is 3. The van der Waals surface area contributed by atoms with Crippen LogP contribution in [0.3, 0.4) is 0 Å². The minimum absolute atomic E-state index is 0.0108. The fourth-order valence-electron chi connectivity index (χ4n) is 4.22. The van der Waals surface area contributed by atoms with Crippen molar-refractivity contribution < 1.29 is 9.53 Å². The van der Waals surface area contributed by atoms with E-state index in [1.54, 1.807) is 31.1 Å². The number of fused-ring (bicyclic) bond motifs is 1. The summed E-state index contributed by atoms with van der Waals surface area (Å²) in [6.45, 7) is 5.83. The lowest BCUT2D eigenvalue weighted by molar-refractivity contribution is 0.101. The summed E-state index contributed by atoms with van der Waals surface area (Å²) in [5.74, 6) is 2.05. The van der Waals surface area contributed by atoms with Gasteiger partial charge in [0.05, 0.1) is 16.8 Å². The first kappa shape index (κ1) is 26.6. The van der Waals surface area contributed by atoms with Crippen LogP contribution in [0.25, 0.3) is 15.3 Å². The standard InChI is InChI=1S/C25H31N11O2S/c1-15(13-38-5)27-21-20(22(35-10-6-7-11-35)30-24(29-21)34(3)4)31-32-23-26-14-36(33-23)25-28-18-9-8-17(16(2)37)12-19(18)39-25/h8-9,12,14-15H,6-7,10-11,13H2,1-5H3,(H,27,29,30). The van der Waals surface area contributed by atoms with Crippen molar-refractivity contribution in [2.75, 3.05) is 56.0 Å². The van der Waals surface area contributed by atoms with Gasteiger partial charge in [-0.2, -0.15) is 19.6 Å². The summed E-state index contributed by atoms with van der Waals surface area (Å²) >= 11 is 1.42. The maximum absolute atomic E-state index is 11.7. The number of benzene rings is 1. The lowest BCUT2D eigenvalue weighted by atomic mass is 10.1. The van der Waals surface area contributed by atoms with Gasteiger partial charge in [0.2, 0.25) is 11.1 Å². The summed E-state index contributed by atoms with van der Waals surface area (Å²) in [5, 5.41) is 17.4. The van der Waals surface area contributed by atoms with E-state index in [0.717, 1.165) is 36.1 Å². The van der Waals surface area contributed by atoms with Crippen LogP contribution in [0.4, 0.5) is 29.2 Å². The Morgan fingerprint density at radius 1 is 1.21 bits per heavy atom. The van der Waals surface area contributed by atoms with Crippen LogP contribution in [-0.2, 0) is 4.74 Å². The number of azo groups is 1. The molecule has 4 heterocycles. The van der Waals surface area contributed by atoms with Crippen LogP contribution < -0.4 is 15.1 Å². The van der Waals surface area contributed by atoms with Crippen molar-refractivity contribution in [1.82, 2.24) is 29.7 Å². The van der Waals surface area contributed by atoms with E-state index in [9.17, 15) is 4.79 Å². The van der Waals surface area contributed by atoms with Gasteiger partial charge in [0, 0.05) is 45.9 Å². The molecule has 1 aliphatic rings. The molecule has 0 saturated carbocycles. The summed E-state index contributed by atoms with van der Waals surface area (Å²) in [5.41, 5.74) is 1.96. The van der Waals surface area contributed by atoms with Crippen LogP contribution in [0.2, 0.25) is 0 Å². The van der Waals surface area contributed by atoms with Gasteiger partial charge >= 0.3 is 0 Å². The molecule has 204 valence electrons. The Balaban J connectivity index is 1.49. The summed E-state index contributed by atoms with van der Waals surface area (Å²) in [7, 11) is 5.48. The highest BCUT2D eigenvalue weighted by Gasteiger charge is 2.24. The van der Waals surface area contributed by atoms with Crippen LogP contribution in [0.5, 0.6) is 0 Å². The minimum Gasteiger partial charge on any atom is -0.383 e. The number of methoxy groups -OCH3 is 1. The second-order valence-electron chi connectivity index (χ2n) is 9.56. The molecule has 1 aromatic carbocycles. The van der Waals surface area contributed by atoms with Gasteiger partial charge in [-0.15, -0.1) is 15.3 Å². The van der Waals surface area contributed by atoms with E-state index in [0.29, 0.717) is 40.6 Å². The molecule has 0 amide bonds. The number of nitrogens with one attached hydrogen (secondary N) is 1. The smallest absolute Gasteiger partial charge is 0.287 e. The van der Waals surface area contributed by atoms with E-state index in [-0.39, 0.29) is 17.8 Å². The first-order valence-corrected chi connectivity index (χ1v) is 13.5. The number of rotatable bonds is 10. The lowest BCUT2D eigenvalue weighted by Gasteiger charge is -2.23. The average molecular weight is 550 g/mol. The lowest BCUT2D eigenvalue weighted by Crippen LogP contribution is -2.25. The zero-order valence-electron chi connectivity index (χ0n) is 22.6. The fraction of sp³-hybridized carbons (Fsp3) is 0.440. The monoisotopic (exact) mass is 549 g/mol. The first-order valence-electron chi connectivity index (χ1n) is 12.7. The molecule has 0 radical (unpaired) electrons. The number of carbonyl (C=O) groups excluding carboxylic acids is 1. The number of ketones is 1. The molecule has 1 N–H and O–H groups in total. The van der Waals surface area contributed by atoms with Gasteiger partial charge in [0.15, 0.2) is 23.1 Å². The van der Waals surface area contributed by atoms with Crippen LogP contribution in [0, 0.1) is 0 Å². The maximum atomic E-state index is 11.7. The largest absolute Gasteiger partial charge is 0.383 e. The first-order chi connectivity index (χ1) is 18.8. The summed E-state index contributed by atoms with van der Waals surface area (Å²) < 4.78 is 7.76. The van der Waals surface area contributed by atoms with Crippen LogP contribution >= 0.6 is 11.3 Å². The number of Topliss-reactive ketones (excluding diaryl/α,β-unsaturated/α-hetero) is 1. The van der Waals surface area contributed by atoms with E-state index in [2.05, 4.69) is 35.5 Å². The van der Waals surface area contributed by atoms with Crippen LogP contribution in [0.1, 0.15) is 37.0 Å². The third kappa shape index (κ3) is 5.86. The quantitative estimate of drug-likeness (QED) is 0.224. The van der Waals surface area contributed by atoms with Gasteiger partial charge in [-0.3, -0.25) is 4.79 Å². The fourth-order valence-corrected chi connectivity index (χ4v) is 5.14. The highest BCUT2D eigenvalue weighted by Crippen LogP contribution is 2.38. The Labute approximate surface area is 230 Å². The van der Waals surface area contributed by atoms with E-state index in [4.69, 9.17) is 14.7 Å². The van der Waals surface area contributed by atoms with Crippen molar-refractivity contribution in [3.8, 4) is 5.13 Å². The molecule has 1 aliphatic heterocycles. The molecular formula is C25H31N11O2S. The Morgan fingerprint density at radius 2 is 2.00 bits per heavy atom. The third-order valence-corrected chi connectivity index (χ3v) is 7.17. The van der Waals surface area contributed by atoms with Gasteiger partial charge in [0.1, 0.15) is 6.33 Å². The predicted octanol–water partition coefficient (Wildman–Crippen LogP) is 4.40. The van der Waals surface area contributed by atoms with Crippen molar-refractivity contribution in [2.45, 2.75) is 32.7 Å². The Morgan fingerprint density at radius 3 is 2.72 bits per heavy atom. The van der Waals surface area contributed by atoms with Crippen molar-refractivity contribution in [3.63, 3.8) is 0 Å². The molecule has 1 fully saturated rings. The van der Waals surface area contributed by atoms with E-state index in [1.807, 2.05) is 38.1 Å². The second-order valence-corrected chi connectivity index (χ2v) is 10.6. The molecule has 5 rings (SSSR count). The third-order valence-electron chi connectivity index (χ3n) is 6.16. The Bertz CT molecular complexity index is 1510. The number of nitrogens with zero attached hydrogens (tertiary/aromatic N) is 10. The number of ether oxygens (including phenoxy) is 1. The van der Waals surface area contributed by atoms with Gasteiger partial charge in [-0.05, 0) is 44.9 Å². The summed E-state index contributed by atoms with van der Waals surface area (Å²) in [6, 6.07) is 5.43. The van der Waals surface area contributed by atoms with Crippen LogP contribution in [0.15, 0.2) is 34.8 Å². The number of carbonyl (C=O) groups is 1. The SMILES string of the molecule is COCC(C)Nc1nc(N(C)C)nc(N2CCCC2)c1N=Nc1ncn(-c2nc3ccc(C(C)=O)cc3s2)n1. The zero-order chi connectivity index (χ0) is 27.5. The van der Waals surface area contributed by atoms with Gasteiger partial charge in [0.25, 0.3) is 5.95 Å². The Kier molecular flexibility index (Phi) is 7.74. The summed E-state index contributed by atoms with van der Waals surface area (Å²) in [4.78, 5) is 34.3. The van der Waals surface area contributed by atoms with E-state index >= 15 is 0 Å². The summed E-state index contributed by atoms with van der Waals surface area (Å²) in [6.07, 6.45) is 3.72. The second kappa shape index (κ2) is 11.4. The molecule has 0 aliphatic carbocycles.